The molecule has 0 aliphatic heterocycles. The fraction of sp³-hybridized carbons (Fsp3) is 0.412. The molecule has 0 saturated heterocycles. The van der Waals surface area contributed by atoms with Crippen LogP contribution in [-0.4, -0.2) is 42.1 Å². The van der Waals surface area contributed by atoms with Gasteiger partial charge in [0.15, 0.2) is 0 Å². The van der Waals surface area contributed by atoms with E-state index < -0.39 is 0 Å². The van der Waals surface area contributed by atoms with Crippen molar-refractivity contribution in [3.05, 3.63) is 46.8 Å². The number of anilines is 1. The van der Waals surface area contributed by atoms with Gasteiger partial charge < -0.3 is 9.80 Å². The minimum Gasteiger partial charge on any atom is -0.378 e. The first-order valence-corrected chi connectivity index (χ1v) is 7.39. The van der Waals surface area contributed by atoms with Crippen LogP contribution in [0.4, 0.5) is 5.69 Å². The van der Waals surface area contributed by atoms with Gasteiger partial charge in [0.25, 0.3) is 5.91 Å². The van der Waals surface area contributed by atoms with Gasteiger partial charge in [-0.05, 0) is 39.0 Å². The molecule has 2 rings (SSSR count). The van der Waals surface area contributed by atoms with E-state index in [0.717, 1.165) is 22.6 Å². The molecule has 5 heteroatoms. The molecule has 0 aliphatic carbocycles. The maximum absolute atomic E-state index is 12.8. The van der Waals surface area contributed by atoms with E-state index in [-0.39, 0.29) is 11.9 Å². The highest BCUT2D eigenvalue weighted by molar-refractivity contribution is 5.95. The third-order valence-corrected chi connectivity index (χ3v) is 4.11. The van der Waals surface area contributed by atoms with Gasteiger partial charge in [-0.25, -0.2) is 0 Å². The van der Waals surface area contributed by atoms with Crippen LogP contribution in [0.25, 0.3) is 0 Å². The van der Waals surface area contributed by atoms with Gasteiger partial charge in [0.2, 0.25) is 0 Å². The monoisotopic (exact) mass is 300 g/mol. The molecule has 1 aromatic heterocycles. The molecule has 0 aliphatic rings. The summed E-state index contributed by atoms with van der Waals surface area (Å²) in [6, 6.07) is 7.64. The number of hydrogen-bond acceptors (Lipinski definition) is 3. The van der Waals surface area contributed by atoms with E-state index in [9.17, 15) is 4.79 Å². The Morgan fingerprint density at radius 2 is 1.91 bits per heavy atom. The van der Waals surface area contributed by atoms with Crippen molar-refractivity contribution in [1.29, 1.82) is 0 Å². The van der Waals surface area contributed by atoms with E-state index in [0.29, 0.717) is 5.56 Å². The number of carbonyl (C=O) groups is 1. The van der Waals surface area contributed by atoms with Gasteiger partial charge in [-0.15, -0.1) is 0 Å². The first-order chi connectivity index (χ1) is 10.3. The second-order valence-electron chi connectivity index (χ2n) is 5.88. The Morgan fingerprint density at radius 3 is 2.45 bits per heavy atom. The normalized spacial score (nSPS) is 12.1. The number of aromatic nitrogens is 2. The van der Waals surface area contributed by atoms with Crippen molar-refractivity contribution < 1.29 is 4.79 Å². The fourth-order valence-electron chi connectivity index (χ4n) is 2.67. The molecule has 118 valence electrons. The predicted molar refractivity (Wildman–Crippen MR) is 89.3 cm³/mol. The molecule has 0 radical (unpaired) electrons. The van der Waals surface area contributed by atoms with Crippen molar-refractivity contribution >= 4 is 11.6 Å². The van der Waals surface area contributed by atoms with Gasteiger partial charge in [0.05, 0.1) is 11.7 Å². The number of hydrogen-bond donors (Lipinski definition) is 1. The van der Waals surface area contributed by atoms with Gasteiger partial charge in [0, 0.05) is 43.7 Å². The Hall–Kier alpha value is -2.30. The minimum absolute atomic E-state index is 0.0104. The Kier molecular flexibility index (Phi) is 4.54. The first-order valence-electron chi connectivity index (χ1n) is 7.39. The summed E-state index contributed by atoms with van der Waals surface area (Å²) in [5.41, 5.74) is 4.74. The highest BCUT2D eigenvalue weighted by Crippen LogP contribution is 2.26. The number of H-pyrrole nitrogens is 1. The average molecular weight is 300 g/mol. The van der Waals surface area contributed by atoms with Crippen LogP contribution in [0.2, 0.25) is 0 Å². The number of carbonyl (C=O) groups excluding carboxylic acids is 1. The molecular formula is C17H24N4O. The lowest BCUT2D eigenvalue weighted by Crippen LogP contribution is -2.30. The van der Waals surface area contributed by atoms with E-state index in [1.54, 1.807) is 4.90 Å². The molecule has 1 amide bonds. The third kappa shape index (κ3) is 2.98. The zero-order valence-corrected chi connectivity index (χ0v) is 14.1. The van der Waals surface area contributed by atoms with Crippen LogP contribution in [0.3, 0.4) is 0 Å². The van der Waals surface area contributed by atoms with Gasteiger partial charge >= 0.3 is 0 Å². The Bertz CT molecular complexity index is 656. The van der Waals surface area contributed by atoms with Crippen LogP contribution in [-0.2, 0) is 0 Å². The van der Waals surface area contributed by atoms with Crippen molar-refractivity contribution in [3.8, 4) is 0 Å². The lowest BCUT2D eigenvalue weighted by atomic mass is 10.0. The highest BCUT2D eigenvalue weighted by atomic mass is 16.2. The molecule has 2 aromatic rings. The number of nitrogens with one attached hydrogen (secondary N) is 1. The number of rotatable bonds is 4. The van der Waals surface area contributed by atoms with Crippen molar-refractivity contribution in [2.75, 3.05) is 26.0 Å². The van der Waals surface area contributed by atoms with Crippen LogP contribution in [0.1, 0.15) is 40.3 Å². The van der Waals surface area contributed by atoms with Crippen LogP contribution in [0.5, 0.6) is 0 Å². The lowest BCUT2D eigenvalue weighted by Gasteiger charge is -2.26. The van der Waals surface area contributed by atoms with Crippen molar-refractivity contribution in [2.45, 2.75) is 26.8 Å². The third-order valence-electron chi connectivity index (χ3n) is 4.11. The number of benzene rings is 1. The number of amides is 1. The summed E-state index contributed by atoms with van der Waals surface area (Å²) < 4.78 is 0. The molecule has 1 N–H and O–H groups in total. The Labute approximate surface area is 131 Å². The molecule has 1 atom stereocenters. The lowest BCUT2D eigenvalue weighted by molar-refractivity contribution is 0.0742. The molecule has 1 aromatic carbocycles. The largest absolute Gasteiger partial charge is 0.378 e. The summed E-state index contributed by atoms with van der Waals surface area (Å²) in [5.74, 6) is 0.0104. The molecule has 1 unspecified atom stereocenters. The summed E-state index contributed by atoms with van der Waals surface area (Å²) in [7, 11) is 5.77. The van der Waals surface area contributed by atoms with E-state index in [1.165, 1.54) is 0 Å². The van der Waals surface area contributed by atoms with Crippen molar-refractivity contribution in [1.82, 2.24) is 15.1 Å². The summed E-state index contributed by atoms with van der Waals surface area (Å²) >= 11 is 0. The summed E-state index contributed by atoms with van der Waals surface area (Å²) in [6.07, 6.45) is 0. The molecular weight excluding hydrogens is 276 g/mol. The molecule has 1 heterocycles. The maximum Gasteiger partial charge on any atom is 0.254 e. The first kappa shape index (κ1) is 16.1. The van der Waals surface area contributed by atoms with Crippen LogP contribution in [0, 0.1) is 13.8 Å². The van der Waals surface area contributed by atoms with E-state index >= 15 is 0 Å². The van der Waals surface area contributed by atoms with Crippen molar-refractivity contribution in [2.24, 2.45) is 0 Å². The quantitative estimate of drug-likeness (QED) is 0.944. The van der Waals surface area contributed by atoms with Gasteiger partial charge in [-0.3, -0.25) is 9.89 Å². The van der Waals surface area contributed by atoms with E-state index in [2.05, 4.69) is 10.2 Å². The maximum atomic E-state index is 12.8. The van der Waals surface area contributed by atoms with E-state index in [4.69, 9.17) is 0 Å². The smallest absolute Gasteiger partial charge is 0.254 e. The SMILES string of the molecule is Cc1n[nH]c(C)c1C(C)N(C)C(=O)c1cccc(N(C)C)c1. The predicted octanol–water partition coefficient (Wildman–Crippen LogP) is 2.93. The Balaban J connectivity index is 2.27. The molecule has 22 heavy (non-hydrogen) atoms. The topological polar surface area (TPSA) is 52.2 Å². The number of aryl methyl sites for hydroxylation is 2. The van der Waals surface area contributed by atoms with E-state index in [1.807, 2.05) is 71.1 Å². The molecule has 0 saturated carbocycles. The van der Waals surface area contributed by atoms with Crippen LogP contribution in [0.15, 0.2) is 24.3 Å². The summed E-state index contributed by atoms with van der Waals surface area (Å²) in [4.78, 5) is 16.5. The highest BCUT2D eigenvalue weighted by Gasteiger charge is 2.23. The second kappa shape index (κ2) is 6.22. The van der Waals surface area contributed by atoms with Gasteiger partial charge in [0.1, 0.15) is 0 Å². The zero-order chi connectivity index (χ0) is 16.4. The Morgan fingerprint density at radius 1 is 1.23 bits per heavy atom. The molecule has 5 nitrogen and oxygen atoms in total. The molecule has 0 fully saturated rings. The average Bonchev–Trinajstić information content (AvgIpc) is 2.84. The second-order valence-corrected chi connectivity index (χ2v) is 5.88. The standard InChI is InChI=1S/C17H24N4O/c1-11-16(12(2)19-18-11)13(3)21(6)17(22)14-8-7-9-15(10-14)20(4)5/h7-10,13H,1-6H3,(H,18,19). The van der Waals surface area contributed by atoms with Gasteiger partial charge in [-0.2, -0.15) is 5.10 Å². The molecule has 0 spiro atoms. The zero-order valence-electron chi connectivity index (χ0n) is 14.1. The van der Waals surface area contributed by atoms with Crippen LogP contribution >= 0.6 is 0 Å². The summed E-state index contributed by atoms with van der Waals surface area (Å²) in [5, 5.41) is 7.20. The molecule has 0 bridgehead atoms. The minimum atomic E-state index is -0.0331. The van der Waals surface area contributed by atoms with Crippen LogP contribution < -0.4 is 4.90 Å². The number of aromatic amines is 1. The number of nitrogens with zero attached hydrogens (tertiary/aromatic N) is 3. The summed E-state index contributed by atoms with van der Waals surface area (Å²) in [6.45, 7) is 5.97. The fourth-order valence-corrected chi connectivity index (χ4v) is 2.67. The van der Waals surface area contributed by atoms with Gasteiger partial charge in [-0.1, -0.05) is 6.07 Å². The van der Waals surface area contributed by atoms with Crippen molar-refractivity contribution in [3.63, 3.8) is 0 Å².